The summed E-state index contributed by atoms with van der Waals surface area (Å²) in [5, 5.41) is 6.48. The Labute approximate surface area is 152 Å². The van der Waals surface area contributed by atoms with E-state index in [0.717, 1.165) is 16.9 Å². The molecule has 7 heteroatoms. The fraction of sp³-hybridized carbons (Fsp3) is 0.211. The van der Waals surface area contributed by atoms with Gasteiger partial charge in [0, 0.05) is 5.69 Å². The quantitative estimate of drug-likeness (QED) is 0.454. The number of benzene rings is 2. The van der Waals surface area contributed by atoms with E-state index in [1.165, 1.54) is 6.21 Å². The molecule has 2 aromatic carbocycles. The summed E-state index contributed by atoms with van der Waals surface area (Å²) >= 11 is 0. The largest absolute Gasteiger partial charge is 0.497 e. The van der Waals surface area contributed by atoms with E-state index in [9.17, 15) is 9.59 Å². The topological polar surface area (TPSA) is 89.0 Å². The Morgan fingerprint density at radius 3 is 2.42 bits per heavy atom. The van der Waals surface area contributed by atoms with Gasteiger partial charge in [0.1, 0.15) is 17.9 Å². The normalized spacial score (nSPS) is 10.4. The molecular weight excluding hydrogens is 334 g/mol. The van der Waals surface area contributed by atoms with Gasteiger partial charge in [-0.15, -0.1) is 0 Å². The first-order chi connectivity index (χ1) is 12.5. The highest BCUT2D eigenvalue weighted by atomic mass is 16.5. The molecule has 0 aliphatic rings. The molecule has 0 aliphatic heterocycles. The lowest BCUT2D eigenvalue weighted by Crippen LogP contribution is -2.24. The van der Waals surface area contributed by atoms with Crippen molar-refractivity contribution >= 4 is 23.7 Å². The number of carbonyl (C=O) groups is 2. The van der Waals surface area contributed by atoms with Crippen LogP contribution in [-0.2, 0) is 9.59 Å². The standard InChI is InChI=1S/C19H21N3O4/c1-13-4-5-14(10-17(13)26-3)12-20-22-19(24)11-18(23)21-15-6-8-16(25-2)9-7-15/h4-10,12H,11H2,1-3H3,(H,21,23)(H,22,24). The highest BCUT2D eigenvalue weighted by Gasteiger charge is 2.09. The number of aryl methyl sites for hydroxylation is 1. The Kier molecular flexibility index (Phi) is 6.73. The van der Waals surface area contributed by atoms with Crippen molar-refractivity contribution < 1.29 is 19.1 Å². The summed E-state index contributed by atoms with van der Waals surface area (Å²) in [6.07, 6.45) is 1.15. The van der Waals surface area contributed by atoms with Crippen LogP contribution in [0, 0.1) is 6.92 Å². The van der Waals surface area contributed by atoms with Crippen molar-refractivity contribution in [2.75, 3.05) is 19.5 Å². The number of ether oxygens (including phenoxy) is 2. The van der Waals surface area contributed by atoms with Crippen LogP contribution in [0.3, 0.4) is 0 Å². The lowest BCUT2D eigenvalue weighted by Gasteiger charge is -2.06. The van der Waals surface area contributed by atoms with Gasteiger partial charge in [-0.25, -0.2) is 5.43 Å². The minimum atomic E-state index is -0.508. The lowest BCUT2D eigenvalue weighted by molar-refractivity contribution is -0.126. The molecule has 0 aromatic heterocycles. The van der Waals surface area contributed by atoms with Crippen LogP contribution in [0.15, 0.2) is 47.6 Å². The van der Waals surface area contributed by atoms with Crippen LogP contribution < -0.4 is 20.2 Å². The summed E-state index contributed by atoms with van der Waals surface area (Å²) in [5.41, 5.74) is 4.69. The van der Waals surface area contributed by atoms with Crippen molar-refractivity contribution in [2.24, 2.45) is 5.10 Å². The Hall–Kier alpha value is -3.35. The first-order valence-corrected chi connectivity index (χ1v) is 7.92. The number of rotatable bonds is 7. The monoisotopic (exact) mass is 355 g/mol. The molecule has 0 bridgehead atoms. The molecule has 0 aliphatic carbocycles. The number of methoxy groups -OCH3 is 2. The molecule has 2 amide bonds. The Balaban J connectivity index is 1.82. The maximum Gasteiger partial charge on any atom is 0.249 e. The van der Waals surface area contributed by atoms with Gasteiger partial charge in [0.05, 0.1) is 20.4 Å². The molecule has 0 fully saturated rings. The van der Waals surface area contributed by atoms with Crippen molar-refractivity contribution in [2.45, 2.75) is 13.3 Å². The van der Waals surface area contributed by atoms with Crippen LogP contribution in [0.25, 0.3) is 0 Å². The SMILES string of the molecule is COc1ccc(NC(=O)CC(=O)NN=Cc2ccc(C)c(OC)c2)cc1. The molecule has 0 heterocycles. The molecule has 0 unspecified atom stereocenters. The summed E-state index contributed by atoms with van der Waals surface area (Å²) in [5.74, 6) is 0.480. The first-order valence-electron chi connectivity index (χ1n) is 7.92. The molecule has 2 rings (SSSR count). The van der Waals surface area contributed by atoms with Crippen LogP contribution in [0.5, 0.6) is 11.5 Å². The molecule has 0 saturated heterocycles. The minimum absolute atomic E-state index is 0.333. The van der Waals surface area contributed by atoms with Gasteiger partial charge in [-0.1, -0.05) is 12.1 Å². The number of hydrogen-bond acceptors (Lipinski definition) is 5. The van der Waals surface area contributed by atoms with Crippen LogP contribution >= 0.6 is 0 Å². The van der Waals surface area contributed by atoms with E-state index in [2.05, 4.69) is 15.8 Å². The van der Waals surface area contributed by atoms with Crippen molar-refractivity contribution in [3.8, 4) is 11.5 Å². The number of nitrogens with zero attached hydrogens (tertiary/aromatic N) is 1. The third-order valence-electron chi connectivity index (χ3n) is 3.53. The van der Waals surface area contributed by atoms with E-state index >= 15 is 0 Å². The van der Waals surface area contributed by atoms with Gasteiger partial charge < -0.3 is 14.8 Å². The zero-order chi connectivity index (χ0) is 18.9. The lowest BCUT2D eigenvalue weighted by atomic mass is 10.1. The van der Waals surface area contributed by atoms with E-state index in [0.29, 0.717) is 11.4 Å². The van der Waals surface area contributed by atoms with Gasteiger partial charge in [0.2, 0.25) is 11.8 Å². The van der Waals surface area contributed by atoms with Crippen LogP contribution in [0.2, 0.25) is 0 Å². The fourth-order valence-corrected chi connectivity index (χ4v) is 2.16. The maximum absolute atomic E-state index is 11.9. The van der Waals surface area contributed by atoms with Crippen LogP contribution in [0.4, 0.5) is 5.69 Å². The number of amides is 2. The predicted octanol–water partition coefficient (Wildman–Crippen LogP) is 2.49. The third kappa shape index (κ3) is 5.62. The molecule has 26 heavy (non-hydrogen) atoms. The molecule has 2 N–H and O–H groups in total. The van der Waals surface area contributed by atoms with Gasteiger partial charge in [-0.2, -0.15) is 5.10 Å². The molecule has 7 nitrogen and oxygen atoms in total. The summed E-state index contributed by atoms with van der Waals surface area (Å²) < 4.78 is 10.3. The number of carbonyl (C=O) groups excluding carboxylic acids is 2. The molecule has 0 spiro atoms. The molecule has 0 atom stereocenters. The van der Waals surface area contributed by atoms with Crippen LogP contribution in [-0.4, -0.2) is 32.2 Å². The van der Waals surface area contributed by atoms with E-state index in [1.807, 2.05) is 19.1 Å². The molecule has 0 radical (unpaired) electrons. The van der Waals surface area contributed by atoms with Gasteiger partial charge in [-0.05, 0) is 48.4 Å². The minimum Gasteiger partial charge on any atom is -0.497 e. The van der Waals surface area contributed by atoms with E-state index in [-0.39, 0.29) is 6.42 Å². The van der Waals surface area contributed by atoms with Gasteiger partial charge in [0.25, 0.3) is 0 Å². The Morgan fingerprint density at radius 2 is 1.77 bits per heavy atom. The van der Waals surface area contributed by atoms with Gasteiger partial charge >= 0.3 is 0 Å². The van der Waals surface area contributed by atoms with Gasteiger partial charge in [-0.3, -0.25) is 9.59 Å². The second-order valence-electron chi connectivity index (χ2n) is 5.48. The first kappa shape index (κ1) is 19.0. The second-order valence-corrected chi connectivity index (χ2v) is 5.48. The number of hydrazone groups is 1. The fourth-order valence-electron chi connectivity index (χ4n) is 2.16. The highest BCUT2D eigenvalue weighted by Crippen LogP contribution is 2.18. The average molecular weight is 355 g/mol. The second kappa shape index (κ2) is 9.22. The molecule has 2 aromatic rings. The highest BCUT2D eigenvalue weighted by molar-refractivity contribution is 6.03. The zero-order valence-corrected chi connectivity index (χ0v) is 14.9. The van der Waals surface area contributed by atoms with Crippen molar-refractivity contribution in [1.82, 2.24) is 5.43 Å². The van der Waals surface area contributed by atoms with Crippen LogP contribution in [0.1, 0.15) is 17.5 Å². The predicted molar refractivity (Wildman–Crippen MR) is 99.7 cm³/mol. The van der Waals surface area contributed by atoms with E-state index < -0.39 is 11.8 Å². The summed E-state index contributed by atoms with van der Waals surface area (Å²) in [4.78, 5) is 23.6. The molecule has 136 valence electrons. The van der Waals surface area contributed by atoms with Crippen molar-refractivity contribution in [3.05, 3.63) is 53.6 Å². The van der Waals surface area contributed by atoms with E-state index in [1.54, 1.807) is 44.6 Å². The third-order valence-corrected chi connectivity index (χ3v) is 3.53. The van der Waals surface area contributed by atoms with Crippen molar-refractivity contribution in [1.29, 1.82) is 0 Å². The van der Waals surface area contributed by atoms with E-state index in [4.69, 9.17) is 9.47 Å². The summed E-state index contributed by atoms with van der Waals surface area (Å²) in [7, 11) is 3.15. The number of nitrogens with one attached hydrogen (secondary N) is 2. The van der Waals surface area contributed by atoms with Gasteiger partial charge in [0.15, 0.2) is 0 Å². The average Bonchev–Trinajstić information content (AvgIpc) is 2.63. The zero-order valence-electron chi connectivity index (χ0n) is 14.9. The molecule has 0 saturated carbocycles. The Bertz CT molecular complexity index is 801. The number of anilines is 1. The number of hydrogen-bond donors (Lipinski definition) is 2. The summed E-state index contributed by atoms with van der Waals surface area (Å²) in [6.45, 7) is 1.93. The maximum atomic E-state index is 11.9. The van der Waals surface area contributed by atoms with Crippen molar-refractivity contribution in [3.63, 3.8) is 0 Å². The smallest absolute Gasteiger partial charge is 0.249 e. The Morgan fingerprint density at radius 1 is 1.04 bits per heavy atom. The molecular formula is C19H21N3O4. The summed E-state index contributed by atoms with van der Waals surface area (Å²) in [6, 6.07) is 12.4.